The molecule has 0 aromatic carbocycles. The van der Waals surface area contributed by atoms with Crippen LogP contribution < -0.4 is 0 Å². The van der Waals surface area contributed by atoms with Crippen LogP contribution in [0.25, 0.3) is 0 Å². The molecule has 0 N–H and O–H groups in total. The molecule has 0 heterocycles. The number of hydrogen-bond acceptors (Lipinski definition) is 8. The van der Waals surface area contributed by atoms with Crippen molar-refractivity contribution in [1.29, 1.82) is 0 Å². The van der Waals surface area contributed by atoms with E-state index in [-0.39, 0.29) is 25.0 Å². The van der Waals surface area contributed by atoms with Gasteiger partial charge in [0.25, 0.3) is 0 Å². The molecular weight excluding hydrogens is 428 g/mol. The van der Waals surface area contributed by atoms with Crippen molar-refractivity contribution >= 4 is 23.9 Å². The smallest absolute Gasteiger partial charge is 0.317 e. The fourth-order valence-electron chi connectivity index (χ4n) is 3.08. The van der Waals surface area contributed by atoms with Crippen LogP contribution in [-0.2, 0) is 38.1 Å². The van der Waals surface area contributed by atoms with E-state index in [1.54, 1.807) is 0 Å². The van der Waals surface area contributed by atoms with E-state index in [2.05, 4.69) is 0 Å². The summed E-state index contributed by atoms with van der Waals surface area (Å²) < 4.78 is 20.9. The molecule has 0 atom stereocenters. The first kappa shape index (κ1) is 30.9. The lowest BCUT2D eigenvalue weighted by Crippen LogP contribution is -2.34. The normalized spacial score (nSPS) is 11.4. The summed E-state index contributed by atoms with van der Waals surface area (Å²) in [5, 5.41) is 0. The molecule has 0 aromatic rings. The molecule has 0 saturated heterocycles. The van der Waals surface area contributed by atoms with Gasteiger partial charge in [-0.1, -0.05) is 67.2 Å². The second-order valence-corrected chi connectivity index (χ2v) is 8.61. The zero-order valence-corrected chi connectivity index (χ0v) is 21.4. The summed E-state index contributed by atoms with van der Waals surface area (Å²) in [5.74, 6) is -2.00. The lowest BCUT2D eigenvalue weighted by atomic mass is 9.84. The van der Waals surface area contributed by atoms with Gasteiger partial charge in [-0.2, -0.15) is 0 Å². The zero-order chi connectivity index (χ0) is 25.3. The Morgan fingerprint density at radius 2 is 0.848 bits per heavy atom. The van der Waals surface area contributed by atoms with Gasteiger partial charge in [-0.25, -0.2) is 0 Å². The van der Waals surface area contributed by atoms with Gasteiger partial charge in [0.05, 0.1) is 13.2 Å². The quantitative estimate of drug-likeness (QED) is 0.162. The molecule has 0 amide bonds. The van der Waals surface area contributed by atoms with Crippen LogP contribution in [0, 0.1) is 17.3 Å². The molecule has 0 fully saturated rings. The second-order valence-electron chi connectivity index (χ2n) is 8.61. The van der Waals surface area contributed by atoms with Gasteiger partial charge < -0.3 is 18.9 Å². The molecule has 0 rings (SSSR count). The van der Waals surface area contributed by atoms with Crippen LogP contribution >= 0.6 is 0 Å². The maximum Gasteiger partial charge on any atom is 0.317 e. The molecule has 0 aromatic heterocycles. The summed E-state index contributed by atoms with van der Waals surface area (Å²) in [6.45, 7) is 12.5. The lowest BCUT2D eigenvalue weighted by molar-refractivity contribution is -0.160. The molecule has 0 aliphatic carbocycles. The SMILES string of the molecule is CCC(CC)COC(=O)CC(=O)OCC(CC)(CC)COC(=O)CC(=O)OCC(CC)CC. The molecule has 0 bridgehead atoms. The molecule has 0 aliphatic heterocycles. The van der Waals surface area contributed by atoms with E-state index in [9.17, 15) is 19.2 Å². The molecule has 8 heteroatoms. The summed E-state index contributed by atoms with van der Waals surface area (Å²) in [7, 11) is 0. The van der Waals surface area contributed by atoms with Crippen molar-refractivity contribution in [2.75, 3.05) is 26.4 Å². The van der Waals surface area contributed by atoms with Gasteiger partial charge in [0.15, 0.2) is 0 Å². The predicted octanol–water partition coefficient (Wildman–Crippen LogP) is 4.62. The molecule has 0 saturated carbocycles. The van der Waals surface area contributed by atoms with E-state index >= 15 is 0 Å². The van der Waals surface area contributed by atoms with Crippen molar-refractivity contribution < 1.29 is 38.1 Å². The Morgan fingerprint density at radius 3 is 1.12 bits per heavy atom. The third kappa shape index (κ3) is 13.2. The average Bonchev–Trinajstić information content (AvgIpc) is 2.81. The highest BCUT2D eigenvalue weighted by Crippen LogP contribution is 2.28. The van der Waals surface area contributed by atoms with E-state index in [4.69, 9.17) is 18.9 Å². The highest BCUT2D eigenvalue weighted by Gasteiger charge is 2.31. The van der Waals surface area contributed by atoms with Crippen LogP contribution in [0.4, 0.5) is 0 Å². The van der Waals surface area contributed by atoms with Crippen LogP contribution in [0.2, 0.25) is 0 Å². The van der Waals surface area contributed by atoms with Gasteiger partial charge in [0.2, 0.25) is 0 Å². The number of esters is 4. The van der Waals surface area contributed by atoms with Crippen LogP contribution in [0.5, 0.6) is 0 Å². The number of rotatable bonds is 18. The van der Waals surface area contributed by atoms with Crippen LogP contribution in [-0.4, -0.2) is 50.3 Å². The molecule has 0 spiro atoms. The first-order valence-corrected chi connectivity index (χ1v) is 12.3. The minimum atomic E-state index is -0.674. The van der Waals surface area contributed by atoms with Crippen molar-refractivity contribution in [1.82, 2.24) is 0 Å². The first-order valence-electron chi connectivity index (χ1n) is 12.3. The van der Waals surface area contributed by atoms with Gasteiger partial charge in [-0.05, 0) is 24.7 Å². The number of ether oxygens (including phenoxy) is 4. The molecule has 33 heavy (non-hydrogen) atoms. The van der Waals surface area contributed by atoms with Crippen LogP contribution in [0.15, 0.2) is 0 Å². The van der Waals surface area contributed by atoms with Crippen LogP contribution in [0.3, 0.4) is 0 Å². The third-order valence-electron chi connectivity index (χ3n) is 6.43. The second kappa shape index (κ2) is 17.4. The van der Waals surface area contributed by atoms with E-state index in [0.29, 0.717) is 26.1 Å². The van der Waals surface area contributed by atoms with Crippen molar-refractivity contribution in [2.24, 2.45) is 17.3 Å². The lowest BCUT2D eigenvalue weighted by Gasteiger charge is -2.30. The largest absolute Gasteiger partial charge is 0.465 e. The van der Waals surface area contributed by atoms with E-state index in [1.165, 1.54) is 0 Å². The highest BCUT2D eigenvalue weighted by molar-refractivity contribution is 5.91. The van der Waals surface area contributed by atoms with Gasteiger partial charge in [0, 0.05) is 5.41 Å². The van der Waals surface area contributed by atoms with Crippen molar-refractivity contribution in [3.8, 4) is 0 Å². The molecule has 8 nitrogen and oxygen atoms in total. The first-order chi connectivity index (χ1) is 15.7. The Kier molecular flexibility index (Phi) is 16.3. The van der Waals surface area contributed by atoms with Gasteiger partial charge in [-0.15, -0.1) is 0 Å². The summed E-state index contributed by atoms with van der Waals surface area (Å²) in [4.78, 5) is 47.9. The number of carbonyl (C=O) groups excluding carboxylic acids is 4. The molecule has 0 aliphatic rings. The Hall–Kier alpha value is -2.12. The van der Waals surface area contributed by atoms with Crippen molar-refractivity contribution in [2.45, 2.75) is 92.9 Å². The van der Waals surface area contributed by atoms with E-state index < -0.39 is 42.1 Å². The average molecular weight is 473 g/mol. The topological polar surface area (TPSA) is 105 Å². The highest BCUT2D eigenvalue weighted by atomic mass is 16.6. The maximum absolute atomic E-state index is 12.1. The standard InChI is InChI=1S/C25H44O8/c1-7-19(8-2)15-30-21(26)13-23(28)32-17-25(11-5,12-6)18-33-24(29)14-22(27)31-16-20(9-3)10-4/h19-20H,7-18H2,1-6H3. The fraction of sp³-hybridized carbons (Fsp3) is 0.840. The fourth-order valence-corrected chi connectivity index (χ4v) is 3.08. The Labute approximate surface area is 199 Å². The number of carbonyl (C=O) groups is 4. The predicted molar refractivity (Wildman–Crippen MR) is 124 cm³/mol. The van der Waals surface area contributed by atoms with Gasteiger partial charge in [0.1, 0.15) is 26.1 Å². The summed E-state index contributed by atoms with van der Waals surface area (Å²) in [6.07, 6.45) is 3.87. The zero-order valence-electron chi connectivity index (χ0n) is 21.4. The van der Waals surface area contributed by atoms with E-state index in [1.807, 2.05) is 41.5 Å². The Bertz CT molecular complexity index is 541. The van der Waals surface area contributed by atoms with E-state index in [0.717, 1.165) is 25.7 Å². The Morgan fingerprint density at radius 1 is 0.545 bits per heavy atom. The van der Waals surface area contributed by atoms with Crippen LogP contribution in [0.1, 0.15) is 92.9 Å². The molecule has 0 radical (unpaired) electrons. The van der Waals surface area contributed by atoms with Gasteiger partial charge >= 0.3 is 23.9 Å². The maximum atomic E-state index is 12.1. The minimum Gasteiger partial charge on any atom is -0.465 e. The molecule has 192 valence electrons. The third-order valence-corrected chi connectivity index (χ3v) is 6.43. The van der Waals surface area contributed by atoms with Crippen molar-refractivity contribution in [3.05, 3.63) is 0 Å². The number of hydrogen-bond donors (Lipinski definition) is 0. The van der Waals surface area contributed by atoms with Gasteiger partial charge in [-0.3, -0.25) is 19.2 Å². The van der Waals surface area contributed by atoms with Crippen molar-refractivity contribution in [3.63, 3.8) is 0 Å². The summed E-state index contributed by atoms with van der Waals surface area (Å²) in [5.41, 5.74) is -0.593. The molecular formula is C25H44O8. The Balaban J connectivity index is 4.51. The summed E-state index contributed by atoms with van der Waals surface area (Å²) >= 11 is 0. The monoisotopic (exact) mass is 472 g/mol. The summed E-state index contributed by atoms with van der Waals surface area (Å²) in [6, 6.07) is 0. The molecule has 0 unspecified atom stereocenters. The minimum absolute atomic E-state index is 0.00502.